The zero-order valence-corrected chi connectivity index (χ0v) is 17.2. The van der Waals surface area contributed by atoms with Gasteiger partial charge in [-0.15, -0.1) is 0 Å². The third-order valence-electron chi connectivity index (χ3n) is 3.69. The van der Waals surface area contributed by atoms with Gasteiger partial charge in [0.15, 0.2) is 0 Å². The number of nitrogens with one attached hydrogen (secondary N) is 1. The van der Waals surface area contributed by atoms with Crippen molar-refractivity contribution in [1.29, 1.82) is 0 Å². The number of carbonyl (C=O) groups excluding carboxylic acids is 1. The van der Waals surface area contributed by atoms with Crippen LogP contribution in [0.4, 0.5) is 10.5 Å². The zero-order chi connectivity index (χ0) is 19.5. The third-order valence-corrected chi connectivity index (χ3v) is 6.11. The normalized spacial score (nSPS) is 11.9. The Morgan fingerprint density at radius 1 is 1.04 bits per heavy atom. The lowest BCUT2D eigenvalue weighted by atomic mass is 9.87. The molecule has 0 saturated heterocycles. The van der Waals surface area contributed by atoms with Crippen molar-refractivity contribution >= 4 is 32.7 Å². The van der Waals surface area contributed by atoms with E-state index in [1.54, 1.807) is 50.5 Å². The van der Waals surface area contributed by atoms with Crippen molar-refractivity contribution < 1.29 is 13.2 Å². The lowest BCUT2D eigenvalue weighted by Crippen LogP contribution is -2.16. The maximum atomic E-state index is 12.6. The van der Waals surface area contributed by atoms with Gasteiger partial charge in [-0.3, -0.25) is 9.52 Å². The van der Waals surface area contributed by atoms with E-state index in [-0.39, 0.29) is 15.5 Å². The summed E-state index contributed by atoms with van der Waals surface area (Å²) in [6.45, 7) is 6.23. The molecule has 1 amide bonds. The highest BCUT2D eigenvalue weighted by Gasteiger charge is 2.18. The number of amides is 1. The van der Waals surface area contributed by atoms with Crippen LogP contribution in [-0.2, 0) is 15.4 Å². The highest BCUT2D eigenvalue weighted by molar-refractivity contribution is 8.13. The van der Waals surface area contributed by atoms with E-state index >= 15 is 0 Å². The number of hydrogen-bond acceptors (Lipinski definition) is 4. The molecule has 140 valence electrons. The van der Waals surface area contributed by atoms with Gasteiger partial charge in [0, 0.05) is 24.7 Å². The van der Waals surface area contributed by atoms with Gasteiger partial charge in [0.05, 0.1) is 4.90 Å². The molecule has 0 unspecified atom stereocenters. The molecule has 26 heavy (non-hydrogen) atoms. The van der Waals surface area contributed by atoms with E-state index in [2.05, 4.69) is 25.5 Å². The van der Waals surface area contributed by atoms with Crippen LogP contribution in [0.5, 0.6) is 0 Å². The van der Waals surface area contributed by atoms with Gasteiger partial charge in [-0.05, 0) is 53.1 Å². The maximum Gasteiger partial charge on any atom is 0.285 e. The summed E-state index contributed by atoms with van der Waals surface area (Å²) in [5, 5.41) is -0.122. The van der Waals surface area contributed by atoms with Gasteiger partial charge >= 0.3 is 0 Å². The van der Waals surface area contributed by atoms with Crippen molar-refractivity contribution in [2.45, 2.75) is 36.0 Å². The summed E-state index contributed by atoms with van der Waals surface area (Å²) >= 11 is 1.04. The number of carbonyl (C=O) groups is 1. The van der Waals surface area contributed by atoms with E-state index in [1.165, 1.54) is 4.90 Å². The molecule has 0 aliphatic heterocycles. The largest absolute Gasteiger partial charge is 0.339 e. The molecule has 1 N–H and O–H groups in total. The fourth-order valence-corrected chi connectivity index (χ4v) is 3.93. The molecule has 2 aromatic carbocycles. The minimum absolute atomic E-state index is 0.0414. The summed E-state index contributed by atoms with van der Waals surface area (Å²) in [5.74, 6) is 0. The Balaban J connectivity index is 2.20. The summed E-state index contributed by atoms with van der Waals surface area (Å²) in [4.78, 5) is 14.1. The Kier molecular flexibility index (Phi) is 6.03. The molecule has 7 heteroatoms. The van der Waals surface area contributed by atoms with E-state index in [4.69, 9.17) is 0 Å². The molecule has 0 radical (unpaired) electrons. The van der Waals surface area contributed by atoms with Crippen molar-refractivity contribution in [3.05, 3.63) is 54.1 Å². The second-order valence-electron chi connectivity index (χ2n) is 7.17. The molecule has 0 aliphatic rings. The lowest BCUT2D eigenvalue weighted by Gasteiger charge is -2.19. The van der Waals surface area contributed by atoms with Crippen molar-refractivity contribution in [2.75, 3.05) is 18.8 Å². The second kappa shape index (κ2) is 7.72. The fraction of sp³-hybridized carbons (Fsp3) is 0.316. The minimum Gasteiger partial charge on any atom is -0.339 e. The highest BCUT2D eigenvalue weighted by Crippen LogP contribution is 2.26. The molecule has 2 aromatic rings. The molecule has 0 aromatic heterocycles. The average Bonchev–Trinajstić information content (AvgIpc) is 2.54. The number of benzene rings is 2. The predicted molar refractivity (Wildman–Crippen MR) is 107 cm³/mol. The number of anilines is 1. The lowest BCUT2D eigenvalue weighted by molar-refractivity contribution is 0.241. The van der Waals surface area contributed by atoms with Crippen molar-refractivity contribution in [3.8, 4) is 0 Å². The summed E-state index contributed by atoms with van der Waals surface area (Å²) in [7, 11) is -0.352. The first-order valence-corrected chi connectivity index (χ1v) is 10.4. The molecule has 0 heterocycles. The smallest absolute Gasteiger partial charge is 0.285 e. The van der Waals surface area contributed by atoms with Gasteiger partial charge in [-0.1, -0.05) is 39.0 Å². The van der Waals surface area contributed by atoms with Gasteiger partial charge in [0.2, 0.25) is 0 Å². The molecular weight excluding hydrogens is 368 g/mol. The molecule has 0 atom stereocenters. The Morgan fingerprint density at radius 3 is 2.19 bits per heavy atom. The summed E-state index contributed by atoms with van der Waals surface area (Å²) < 4.78 is 27.8. The van der Waals surface area contributed by atoms with Crippen molar-refractivity contribution in [1.82, 2.24) is 4.90 Å². The molecule has 5 nitrogen and oxygen atoms in total. The molecule has 0 spiro atoms. The molecule has 0 bridgehead atoms. The van der Waals surface area contributed by atoms with Crippen molar-refractivity contribution in [3.63, 3.8) is 0 Å². The first-order chi connectivity index (χ1) is 12.0. The van der Waals surface area contributed by atoms with Crippen LogP contribution in [0.3, 0.4) is 0 Å². The number of rotatable bonds is 4. The van der Waals surface area contributed by atoms with Crippen LogP contribution in [0.15, 0.2) is 58.3 Å². The van der Waals surface area contributed by atoms with Crippen LogP contribution in [0, 0.1) is 0 Å². The summed E-state index contributed by atoms with van der Waals surface area (Å²) in [6, 6.07) is 13.7. The minimum atomic E-state index is -3.69. The molecular formula is C19H24N2O3S2. The first kappa shape index (κ1) is 20.3. The summed E-state index contributed by atoms with van der Waals surface area (Å²) in [5.41, 5.74) is 1.44. The Labute approximate surface area is 159 Å². The molecule has 0 aliphatic carbocycles. The monoisotopic (exact) mass is 392 g/mol. The fourth-order valence-electron chi connectivity index (χ4n) is 2.16. The highest BCUT2D eigenvalue weighted by atomic mass is 32.2. The quantitative estimate of drug-likeness (QED) is 0.775. The molecule has 0 saturated carbocycles. The van der Waals surface area contributed by atoms with Gasteiger partial charge in [-0.25, -0.2) is 8.42 Å². The van der Waals surface area contributed by atoms with E-state index in [9.17, 15) is 13.2 Å². The van der Waals surface area contributed by atoms with E-state index < -0.39 is 10.0 Å². The van der Waals surface area contributed by atoms with E-state index in [1.807, 2.05) is 12.1 Å². The Morgan fingerprint density at radius 2 is 1.65 bits per heavy atom. The number of sulfonamides is 1. The van der Waals surface area contributed by atoms with Crippen molar-refractivity contribution in [2.24, 2.45) is 0 Å². The SMILES string of the molecule is CN(C)C(=O)Sc1cccc(NS(=O)(=O)c2ccc(C(C)(C)C)cc2)c1. The van der Waals surface area contributed by atoms with Gasteiger partial charge in [-0.2, -0.15) is 0 Å². The van der Waals surface area contributed by atoms with Crippen LogP contribution in [0.1, 0.15) is 26.3 Å². The van der Waals surface area contributed by atoms with Gasteiger partial charge in [0.25, 0.3) is 15.3 Å². The molecule has 0 fully saturated rings. The first-order valence-electron chi connectivity index (χ1n) is 8.11. The summed E-state index contributed by atoms with van der Waals surface area (Å²) in [6.07, 6.45) is 0. The van der Waals surface area contributed by atoms with Crippen LogP contribution in [0.25, 0.3) is 0 Å². The number of thioether (sulfide) groups is 1. The van der Waals surface area contributed by atoms with E-state index in [0.29, 0.717) is 10.6 Å². The average molecular weight is 393 g/mol. The van der Waals surface area contributed by atoms with Crippen LogP contribution >= 0.6 is 11.8 Å². The predicted octanol–water partition coefficient (Wildman–Crippen LogP) is 4.56. The Bertz CT molecular complexity index is 884. The third kappa shape index (κ3) is 5.25. The Hall–Kier alpha value is -1.99. The number of hydrogen-bond donors (Lipinski definition) is 1. The van der Waals surface area contributed by atoms with Gasteiger partial charge in [0.1, 0.15) is 0 Å². The molecule has 2 rings (SSSR count). The number of nitrogens with zero attached hydrogens (tertiary/aromatic N) is 1. The van der Waals surface area contributed by atoms with Crippen LogP contribution in [0.2, 0.25) is 0 Å². The van der Waals surface area contributed by atoms with Crippen LogP contribution in [-0.4, -0.2) is 32.7 Å². The zero-order valence-electron chi connectivity index (χ0n) is 15.6. The second-order valence-corrected chi connectivity index (χ2v) is 9.88. The maximum absolute atomic E-state index is 12.6. The topological polar surface area (TPSA) is 66.5 Å². The van der Waals surface area contributed by atoms with Gasteiger partial charge < -0.3 is 4.90 Å². The van der Waals surface area contributed by atoms with E-state index in [0.717, 1.165) is 17.3 Å². The standard InChI is InChI=1S/C19H24N2O3S2/c1-19(2,3)14-9-11-17(12-10-14)26(23,24)20-15-7-6-8-16(13-15)25-18(22)21(4)5/h6-13,20H,1-5H3. The van der Waals surface area contributed by atoms with Crippen LogP contribution < -0.4 is 4.72 Å².